The largest absolute Gasteiger partial charge is 0.469 e. The monoisotopic (exact) mass is 275 g/mol. The van der Waals surface area contributed by atoms with Crippen LogP contribution in [0.2, 0.25) is 0 Å². The van der Waals surface area contributed by atoms with Crippen LogP contribution < -0.4 is 5.32 Å². The highest BCUT2D eigenvalue weighted by atomic mass is 16.3. The molecule has 0 aliphatic rings. The Morgan fingerprint density at radius 1 is 1.35 bits per heavy atom. The van der Waals surface area contributed by atoms with Crippen molar-refractivity contribution in [2.24, 2.45) is 0 Å². The summed E-state index contributed by atoms with van der Waals surface area (Å²) in [6.07, 6.45) is 10.1. The Morgan fingerprint density at radius 2 is 2.25 bits per heavy atom. The molecule has 0 aliphatic heterocycles. The highest BCUT2D eigenvalue weighted by Gasteiger charge is 2.13. The van der Waals surface area contributed by atoms with Crippen molar-refractivity contribution < 1.29 is 4.42 Å². The lowest BCUT2D eigenvalue weighted by molar-refractivity contribution is 0.452. The molecule has 110 valence electrons. The third kappa shape index (κ3) is 4.23. The number of aromatic nitrogens is 2. The van der Waals surface area contributed by atoms with Gasteiger partial charge in [0.2, 0.25) is 0 Å². The molecule has 4 heteroatoms. The van der Waals surface area contributed by atoms with E-state index in [4.69, 9.17) is 4.42 Å². The number of nitrogens with zero attached hydrogens (tertiary/aromatic N) is 2. The van der Waals surface area contributed by atoms with Crippen LogP contribution in [0.25, 0.3) is 0 Å². The Balaban J connectivity index is 1.97. The number of hydrogen-bond acceptors (Lipinski definition) is 3. The first-order chi connectivity index (χ1) is 9.83. The molecule has 2 heterocycles. The third-order valence-corrected chi connectivity index (χ3v) is 3.41. The highest BCUT2D eigenvalue weighted by molar-refractivity contribution is 5.11. The molecule has 2 aromatic heterocycles. The van der Waals surface area contributed by atoms with Gasteiger partial charge in [-0.25, -0.2) is 0 Å². The van der Waals surface area contributed by atoms with Crippen LogP contribution in [0.5, 0.6) is 0 Å². The van der Waals surface area contributed by atoms with Crippen molar-refractivity contribution in [3.63, 3.8) is 0 Å². The van der Waals surface area contributed by atoms with Crippen molar-refractivity contribution in [3.05, 3.63) is 42.1 Å². The van der Waals surface area contributed by atoms with E-state index in [9.17, 15) is 0 Å². The van der Waals surface area contributed by atoms with E-state index in [1.165, 1.54) is 5.56 Å². The summed E-state index contributed by atoms with van der Waals surface area (Å²) in [6, 6.07) is 4.34. The molecule has 1 atom stereocenters. The van der Waals surface area contributed by atoms with E-state index in [0.29, 0.717) is 6.04 Å². The Bertz CT molecular complexity index is 476. The van der Waals surface area contributed by atoms with Gasteiger partial charge in [-0.1, -0.05) is 13.8 Å². The van der Waals surface area contributed by atoms with Crippen LogP contribution in [0.3, 0.4) is 0 Å². The predicted molar refractivity (Wildman–Crippen MR) is 80.6 cm³/mol. The molecule has 0 amide bonds. The van der Waals surface area contributed by atoms with Crippen molar-refractivity contribution in [2.75, 3.05) is 6.54 Å². The van der Waals surface area contributed by atoms with Gasteiger partial charge in [0.05, 0.1) is 12.5 Å². The first-order valence-corrected chi connectivity index (χ1v) is 7.61. The maximum atomic E-state index is 5.42. The Hall–Kier alpha value is -1.55. The quantitative estimate of drug-likeness (QED) is 0.761. The lowest BCUT2D eigenvalue weighted by atomic mass is 10.0. The summed E-state index contributed by atoms with van der Waals surface area (Å²) in [6.45, 7) is 6.38. The highest BCUT2D eigenvalue weighted by Crippen LogP contribution is 2.19. The molecular weight excluding hydrogens is 250 g/mol. The normalized spacial score (nSPS) is 12.7. The van der Waals surface area contributed by atoms with Crippen molar-refractivity contribution >= 4 is 0 Å². The summed E-state index contributed by atoms with van der Waals surface area (Å²) in [5.41, 5.74) is 1.28. The number of aryl methyl sites for hydroxylation is 2. The molecule has 0 aromatic carbocycles. The Morgan fingerprint density at radius 3 is 2.95 bits per heavy atom. The summed E-state index contributed by atoms with van der Waals surface area (Å²) in [5.74, 6) is 1.05. The smallest absolute Gasteiger partial charge is 0.103 e. The second-order valence-electron chi connectivity index (χ2n) is 5.16. The zero-order valence-electron chi connectivity index (χ0n) is 12.5. The van der Waals surface area contributed by atoms with E-state index in [-0.39, 0.29) is 0 Å². The summed E-state index contributed by atoms with van der Waals surface area (Å²) in [5, 5.41) is 8.04. The van der Waals surface area contributed by atoms with E-state index < -0.39 is 0 Å². The third-order valence-electron chi connectivity index (χ3n) is 3.41. The van der Waals surface area contributed by atoms with Crippen LogP contribution in [0, 0.1) is 0 Å². The molecule has 0 saturated carbocycles. The lowest BCUT2D eigenvalue weighted by Crippen LogP contribution is -2.22. The van der Waals surface area contributed by atoms with Gasteiger partial charge in [0.1, 0.15) is 5.76 Å². The number of furan rings is 1. The van der Waals surface area contributed by atoms with Crippen molar-refractivity contribution in [3.8, 4) is 0 Å². The van der Waals surface area contributed by atoms with Gasteiger partial charge in [-0.3, -0.25) is 4.68 Å². The van der Waals surface area contributed by atoms with Crippen LogP contribution in [-0.2, 0) is 13.0 Å². The first kappa shape index (κ1) is 14.9. The lowest BCUT2D eigenvalue weighted by Gasteiger charge is -2.16. The SMILES string of the molecule is CCCNC(CCc1ccco1)c1cnn(CCC)c1. The summed E-state index contributed by atoms with van der Waals surface area (Å²) in [4.78, 5) is 0. The zero-order chi connectivity index (χ0) is 14.2. The fourth-order valence-electron chi connectivity index (χ4n) is 2.36. The van der Waals surface area contributed by atoms with E-state index >= 15 is 0 Å². The molecule has 0 bridgehead atoms. The van der Waals surface area contributed by atoms with Crippen LogP contribution in [0.1, 0.15) is 50.5 Å². The van der Waals surface area contributed by atoms with Gasteiger partial charge in [-0.2, -0.15) is 5.10 Å². The van der Waals surface area contributed by atoms with Crippen LogP contribution in [0.4, 0.5) is 0 Å². The van der Waals surface area contributed by atoms with Crippen molar-refractivity contribution in [2.45, 2.75) is 52.1 Å². The molecule has 1 N–H and O–H groups in total. The number of nitrogens with one attached hydrogen (secondary N) is 1. The average Bonchev–Trinajstić information content (AvgIpc) is 3.11. The van der Waals surface area contributed by atoms with Crippen molar-refractivity contribution in [1.82, 2.24) is 15.1 Å². The minimum atomic E-state index is 0.352. The standard InChI is InChI=1S/C16H25N3O/c1-3-9-17-16(8-7-15-6-5-11-20-15)14-12-18-19(13-14)10-4-2/h5-6,11-13,16-17H,3-4,7-10H2,1-2H3. The fraction of sp³-hybridized carbons (Fsp3) is 0.562. The van der Waals surface area contributed by atoms with Crippen LogP contribution in [-0.4, -0.2) is 16.3 Å². The average molecular weight is 275 g/mol. The first-order valence-electron chi connectivity index (χ1n) is 7.61. The van der Waals surface area contributed by atoms with Gasteiger partial charge >= 0.3 is 0 Å². The molecule has 0 saturated heterocycles. The zero-order valence-corrected chi connectivity index (χ0v) is 12.5. The van der Waals surface area contributed by atoms with E-state index in [2.05, 4.69) is 30.5 Å². The molecule has 1 unspecified atom stereocenters. The molecule has 0 radical (unpaired) electrons. The maximum absolute atomic E-state index is 5.42. The van der Waals surface area contributed by atoms with Gasteiger partial charge in [-0.15, -0.1) is 0 Å². The molecule has 20 heavy (non-hydrogen) atoms. The minimum Gasteiger partial charge on any atom is -0.469 e. The van der Waals surface area contributed by atoms with E-state index in [0.717, 1.165) is 44.5 Å². The molecule has 0 spiro atoms. The van der Waals surface area contributed by atoms with Gasteiger partial charge in [-0.05, 0) is 37.9 Å². The van der Waals surface area contributed by atoms with Crippen molar-refractivity contribution in [1.29, 1.82) is 0 Å². The summed E-state index contributed by atoms with van der Waals surface area (Å²) >= 11 is 0. The Kier molecular flexibility index (Phi) is 5.87. The molecule has 4 nitrogen and oxygen atoms in total. The van der Waals surface area contributed by atoms with E-state index in [1.54, 1.807) is 6.26 Å². The summed E-state index contributed by atoms with van der Waals surface area (Å²) < 4.78 is 7.45. The fourth-order valence-corrected chi connectivity index (χ4v) is 2.36. The predicted octanol–water partition coefficient (Wildman–Crippen LogP) is 3.56. The molecule has 0 fully saturated rings. The molecule has 2 aromatic rings. The van der Waals surface area contributed by atoms with Gasteiger partial charge < -0.3 is 9.73 Å². The molecular formula is C16H25N3O. The number of rotatable bonds is 9. The second-order valence-corrected chi connectivity index (χ2v) is 5.16. The Labute approximate surface area is 121 Å². The number of hydrogen-bond donors (Lipinski definition) is 1. The topological polar surface area (TPSA) is 43.0 Å². The second kappa shape index (κ2) is 7.90. The van der Waals surface area contributed by atoms with Gasteiger partial charge in [0.15, 0.2) is 0 Å². The maximum Gasteiger partial charge on any atom is 0.103 e. The minimum absolute atomic E-state index is 0.352. The van der Waals surface area contributed by atoms with Gasteiger partial charge in [0, 0.05) is 30.8 Å². The molecule has 2 rings (SSSR count). The van der Waals surface area contributed by atoms with Gasteiger partial charge in [0.25, 0.3) is 0 Å². The summed E-state index contributed by atoms with van der Waals surface area (Å²) in [7, 11) is 0. The molecule has 0 aliphatic carbocycles. The van der Waals surface area contributed by atoms with E-state index in [1.807, 2.05) is 23.0 Å². The van der Waals surface area contributed by atoms with Crippen LogP contribution in [0.15, 0.2) is 35.2 Å². The van der Waals surface area contributed by atoms with Crippen LogP contribution >= 0.6 is 0 Å².